The molecule has 6 nitrogen and oxygen atoms in total. The highest BCUT2D eigenvalue weighted by molar-refractivity contribution is 7.80. The van der Waals surface area contributed by atoms with Crippen LogP contribution in [0.3, 0.4) is 0 Å². The molecule has 3 fully saturated rings. The van der Waals surface area contributed by atoms with E-state index in [9.17, 15) is 14.4 Å². The van der Waals surface area contributed by atoms with Crippen LogP contribution in [0, 0.1) is 11.3 Å². The van der Waals surface area contributed by atoms with E-state index in [2.05, 4.69) is 5.32 Å². The quantitative estimate of drug-likeness (QED) is 0.461. The zero-order valence-electron chi connectivity index (χ0n) is 15.4. The Hall–Kier alpha value is -1.50. The van der Waals surface area contributed by atoms with Crippen molar-refractivity contribution in [2.45, 2.75) is 76.7 Å². The van der Waals surface area contributed by atoms with Crippen LogP contribution >= 0.6 is 12.2 Å². The van der Waals surface area contributed by atoms with E-state index in [1.807, 2.05) is 0 Å². The van der Waals surface area contributed by atoms with E-state index >= 15 is 0 Å². The number of thiocarbonyl (C=S) groups is 1. The van der Waals surface area contributed by atoms with Crippen molar-refractivity contribution in [2.24, 2.45) is 11.3 Å². The maximum Gasteiger partial charge on any atom is 0.307 e. The molecule has 0 aromatic carbocycles. The molecule has 144 valence electrons. The van der Waals surface area contributed by atoms with Crippen molar-refractivity contribution in [2.75, 3.05) is 7.05 Å². The van der Waals surface area contributed by atoms with E-state index in [0.717, 1.165) is 57.8 Å². The van der Waals surface area contributed by atoms with Gasteiger partial charge in [0.2, 0.25) is 11.8 Å². The van der Waals surface area contributed by atoms with Crippen LogP contribution in [-0.2, 0) is 19.1 Å². The fourth-order valence-electron chi connectivity index (χ4n) is 4.67. The van der Waals surface area contributed by atoms with Crippen LogP contribution in [0.1, 0.15) is 70.6 Å². The number of amides is 2. The fraction of sp³-hybridized carbons (Fsp3) is 0.789. The SMILES string of the molecule is CN1C(=O)C(CC(=O)OC2CCCCC2)(C2CCCCC2)C(=O)NC1=S. The molecule has 1 saturated heterocycles. The van der Waals surface area contributed by atoms with Crippen LogP contribution in [0.5, 0.6) is 0 Å². The lowest BCUT2D eigenvalue weighted by atomic mass is 9.64. The minimum atomic E-state index is -1.39. The Morgan fingerprint density at radius 3 is 2.31 bits per heavy atom. The van der Waals surface area contributed by atoms with E-state index in [1.54, 1.807) is 7.05 Å². The molecule has 1 atom stereocenters. The highest BCUT2D eigenvalue weighted by atomic mass is 32.1. The van der Waals surface area contributed by atoms with E-state index < -0.39 is 17.3 Å². The molecule has 0 aromatic heterocycles. The smallest absolute Gasteiger partial charge is 0.307 e. The Balaban J connectivity index is 1.82. The lowest BCUT2D eigenvalue weighted by Crippen LogP contribution is -2.65. The number of esters is 1. The molecule has 3 aliphatic rings. The molecule has 1 N–H and O–H groups in total. The van der Waals surface area contributed by atoms with Gasteiger partial charge >= 0.3 is 5.97 Å². The van der Waals surface area contributed by atoms with Gasteiger partial charge in [-0.2, -0.15) is 0 Å². The summed E-state index contributed by atoms with van der Waals surface area (Å²) in [4.78, 5) is 40.1. The van der Waals surface area contributed by atoms with E-state index in [-0.39, 0.29) is 29.5 Å². The molecule has 1 heterocycles. The molecule has 0 bridgehead atoms. The lowest BCUT2D eigenvalue weighted by molar-refractivity contribution is -0.167. The standard InChI is InChI=1S/C19H28N2O4S/c1-21-17(24)19(16(23)20-18(21)26,13-8-4-2-5-9-13)12-15(22)25-14-10-6-3-7-11-14/h13-14H,2-12H2,1H3,(H,20,23,26). The third kappa shape index (κ3) is 3.63. The summed E-state index contributed by atoms with van der Waals surface area (Å²) >= 11 is 5.09. The van der Waals surface area contributed by atoms with Gasteiger partial charge in [-0.1, -0.05) is 25.7 Å². The van der Waals surface area contributed by atoms with Gasteiger partial charge in [0.25, 0.3) is 0 Å². The predicted molar refractivity (Wildman–Crippen MR) is 100 cm³/mol. The molecule has 1 unspecified atom stereocenters. The first-order chi connectivity index (χ1) is 12.4. The first-order valence-electron chi connectivity index (χ1n) is 9.78. The maximum atomic E-state index is 13.2. The van der Waals surface area contributed by atoms with Crippen LogP contribution in [0.2, 0.25) is 0 Å². The summed E-state index contributed by atoms with van der Waals surface area (Å²) in [6.07, 6.45) is 9.34. The van der Waals surface area contributed by atoms with E-state index in [1.165, 1.54) is 11.3 Å². The van der Waals surface area contributed by atoms with Crippen LogP contribution in [0.4, 0.5) is 0 Å². The Morgan fingerprint density at radius 2 is 1.69 bits per heavy atom. The van der Waals surface area contributed by atoms with Gasteiger partial charge < -0.3 is 10.1 Å². The molecule has 1 aliphatic heterocycles. The van der Waals surface area contributed by atoms with Crippen molar-refractivity contribution in [3.05, 3.63) is 0 Å². The number of nitrogens with one attached hydrogen (secondary N) is 1. The molecule has 2 aliphatic carbocycles. The average molecular weight is 381 g/mol. The molecule has 0 spiro atoms. The van der Waals surface area contributed by atoms with Gasteiger partial charge in [0.1, 0.15) is 11.5 Å². The number of hydrogen-bond donors (Lipinski definition) is 1. The second-order valence-electron chi connectivity index (χ2n) is 7.86. The third-order valence-electron chi connectivity index (χ3n) is 6.19. The van der Waals surface area contributed by atoms with Crippen LogP contribution in [0.25, 0.3) is 0 Å². The number of carbonyl (C=O) groups is 3. The van der Waals surface area contributed by atoms with E-state index in [0.29, 0.717) is 0 Å². The summed E-state index contributed by atoms with van der Waals surface area (Å²) in [6, 6.07) is 0. The van der Waals surface area contributed by atoms with Gasteiger partial charge in [0.15, 0.2) is 5.11 Å². The van der Waals surface area contributed by atoms with Gasteiger partial charge in [0.05, 0.1) is 6.42 Å². The highest BCUT2D eigenvalue weighted by Crippen LogP contribution is 2.44. The predicted octanol–water partition coefficient (Wildman–Crippen LogP) is 2.69. The average Bonchev–Trinajstić information content (AvgIpc) is 2.65. The molecular weight excluding hydrogens is 352 g/mol. The van der Waals surface area contributed by atoms with Gasteiger partial charge in [0, 0.05) is 7.05 Å². The summed E-state index contributed by atoms with van der Waals surface area (Å²) in [5, 5.41) is 2.75. The molecule has 2 amide bonds. The first-order valence-corrected chi connectivity index (χ1v) is 10.2. The summed E-state index contributed by atoms with van der Waals surface area (Å²) in [6.45, 7) is 0. The second-order valence-corrected chi connectivity index (χ2v) is 8.24. The number of nitrogens with zero attached hydrogens (tertiary/aromatic N) is 1. The van der Waals surface area contributed by atoms with Gasteiger partial charge in [-0.15, -0.1) is 0 Å². The molecule has 2 saturated carbocycles. The Kier molecular flexibility index (Phi) is 5.95. The molecule has 3 rings (SSSR count). The molecule has 0 aromatic rings. The van der Waals surface area contributed by atoms with Crippen molar-refractivity contribution in [1.82, 2.24) is 10.2 Å². The number of ether oxygens (including phenoxy) is 1. The van der Waals surface area contributed by atoms with Crippen molar-refractivity contribution in [3.63, 3.8) is 0 Å². The van der Waals surface area contributed by atoms with Gasteiger partial charge in [-0.25, -0.2) is 0 Å². The van der Waals surface area contributed by atoms with Gasteiger partial charge in [-0.3, -0.25) is 19.3 Å². The monoisotopic (exact) mass is 380 g/mol. The summed E-state index contributed by atoms with van der Waals surface area (Å²) in [7, 11) is 1.56. The minimum Gasteiger partial charge on any atom is -0.462 e. The molecule has 0 radical (unpaired) electrons. The van der Waals surface area contributed by atoms with Crippen molar-refractivity contribution >= 4 is 35.1 Å². The van der Waals surface area contributed by atoms with Crippen LogP contribution in [-0.4, -0.2) is 40.9 Å². The molecule has 26 heavy (non-hydrogen) atoms. The first kappa shape index (κ1) is 19.3. The second kappa shape index (κ2) is 8.03. The largest absolute Gasteiger partial charge is 0.462 e. The number of rotatable bonds is 4. The van der Waals surface area contributed by atoms with Gasteiger partial charge in [-0.05, 0) is 56.7 Å². The zero-order chi connectivity index (χ0) is 18.7. The number of carbonyl (C=O) groups excluding carboxylic acids is 3. The fourth-order valence-corrected chi connectivity index (χ4v) is 4.85. The molecular formula is C19H28N2O4S. The Morgan fingerprint density at radius 1 is 1.12 bits per heavy atom. The van der Waals surface area contributed by atoms with Crippen molar-refractivity contribution in [1.29, 1.82) is 0 Å². The molecule has 7 heteroatoms. The lowest BCUT2D eigenvalue weighted by Gasteiger charge is -2.44. The Labute approximate surface area is 160 Å². The summed E-state index contributed by atoms with van der Waals surface area (Å²) in [5.41, 5.74) is -1.39. The van der Waals surface area contributed by atoms with Crippen LogP contribution in [0.15, 0.2) is 0 Å². The highest BCUT2D eigenvalue weighted by Gasteiger charge is 2.58. The number of hydrogen-bond acceptors (Lipinski definition) is 5. The van der Waals surface area contributed by atoms with Crippen molar-refractivity contribution in [3.8, 4) is 0 Å². The summed E-state index contributed by atoms with van der Waals surface area (Å²) < 4.78 is 5.65. The third-order valence-corrected chi connectivity index (χ3v) is 6.57. The Bertz CT molecular complexity index is 596. The van der Waals surface area contributed by atoms with E-state index in [4.69, 9.17) is 17.0 Å². The van der Waals surface area contributed by atoms with Crippen LogP contribution < -0.4 is 5.32 Å². The summed E-state index contributed by atoms with van der Waals surface area (Å²) in [5.74, 6) is -1.38. The van der Waals surface area contributed by atoms with Crippen molar-refractivity contribution < 1.29 is 19.1 Å². The zero-order valence-corrected chi connectivity index (χ0v) is 16.2. The normalized spacial score (nSPS) is 28.8. The maximum absolute atomic E-state index is 13.2. The minimum absolute atomic E-state index is 0.0831. The topological polar surface area (TPSA) is 75.7 Å².